The van der Waals surface area contributed by atoms with Crippen LogP contribution in [-0.4, -0.2) is 17.3 Å². The van der Waals surface area contributed by atoms with Crippen molar-refractivity contribution >= 4 is 0 Å². The van der Waals surface area contributed by atoms with Gasteiger partial charge in [0.05, 0.1) is 6.10 Å². The molecule has 1 rings (SSSR count). The summed E-state index contributed by atoms with van der Waals surface area (Å²) in [6.07, 6.45) is -6.17. The van der Waals surface area contributed by atoms with Crippen LogP contribution in [0, 0.1) is 6.92 Å². The molecule has 0 saturated heterocycles. The Morgan fingerprint density at radius 2 is 1.88 bits per heavy atom. The maximum atomic E-state index is 12.2. The van der Waals surface area contributed by atoms with Gasteiger partial charge in [-0.3, -0.25) is 0 Å². The fraction of sp³-hybridized carbons (Fsp3) is 0.455. The molecule has 0 aliphatic carbocycles. The van der Waals surface area contributed by atoms with E-state index in [1.54, 1.807) is 31.2 Å². The van der Waals surface area contributed by atoms with Crippen molar-refractivity contribution in [2.45, 2.75) is 31.7 Å². The first-order valence-electron chi connectivity index (χ1n) is 4.88. The summed E-state index contributed by atoms with van der Waals surface area (Å²) in [6, 6.07) is 4.77. The molecule has 1 aromatic rings. The summed E-state index contributed by atoms with van der Waals surface area (Å²) in [6.45, 7) is 1.73. The fourth-order valence-corrected chi connectivity index (χ4v) is 1.46. The number of aryl methyl sites for hydroxylation is 1. The fourth-order valence-electron chi connectivity index (χ4n) is 1.46. The van der Waals surface area contributed by atoms with Crippen molar-refractivity contribution in [1.29, 1.82) is 0 Å². The topological polar surface area (TPSA) is 46.2 Å². The van der Waals surface area contributed by atoms with Crippen LogP contribution >= 0.6 is 0 Å². The normalized spacial score (nSPS) is 15.9. The number of hydrogen-bond donors (Lipinski definition) is 2. The summed E-state index contributed by atoms with van der Waals surface area (Å²) in [4.78, 5) is 0. The predicted molar refractivity (Wildman–Crippen MR) is 54.8 cm³/mol. The van der Waals surface area contributed by atoms with E-state index in [2.05, 4.69) is 0 Å². The largest absolute Gasteiger partial charge is 0.403 e. The predicted octanol–water partition coefficient (Wildman–Crippen LogP) is 2.31. The Kier molecular flexibility index (Phi) is 3.93. The van der Waals surface area contributed by atoms with Gasteiger partial charge in [0.1, 0.15) is 6.04 Å². The van der Waals surface area contributed by atoms with Crippen molar-refractivity contribution in [2.75, 3.05) is 0 Å². The Morgan fingerprint density at radius 1 is 1.31 bits per heavy atom. The lowest BCUT2D eigenvalue weighted by atomic mass is 9.98. The Labute approximate surface area is 91.9 Å². The van der Waals surface area contributed by atoms with E-state index in [0.29, 0.717) is 5.56 Å². The number of rotatable bonds is 3. The first kappa shape index (κ1) is 13.0. The van der Waals surface area contributed by atoms with E-state index >= 15 is 0 Å². The lowest BCUT2D eigenvalue weighted by molar-refractivity contribution is -0.153. The van der Waals surface area contributed by atoms with Crippen LogP contribution in [0.4, 0.5) is 13.2 Å². The van der Waals surface area contributed by atoms with Crippen molar-refractivity contribution in [1.82, 2.24) is 0 Å². The van der Waals surface area contributed by atoms with Crippen molar-refractivity contribution in [3.8, 4) is 0 Å². The quantitative estimate of drug-likeness (QED) is 0.841. The summed E-state index contributed by atoms with van der Waals surface area (Å²) in [5, 5.41) is 9.66. The molecule has 2 atom stereocenters. The van der Waals surface area contributed by atoms with E-state index in [9.17, 15) is 18.3 Å². The summed E-state index contributed by atoms with van der Waals surface area (Å²) in [5.74, 6) is 0. The number of hydrogen-bond acceptors (Lipinski definition) is 2. The van der Waals surface area contributed by atoms with Gasteiger partial charge in [-0.15, -0.1) is 0 Å². The van der Waals surface area contributed by atoms with Gasteiger partial charge in [-0.2, -0.15) is 13.2 Å². The van der Waals surface area contributed by atoms with E-state index in [1.807, 2.05) is 0 Å². The van der Waals surface area contributed by atoms with Gasteiger partial charge >= 0.3 is 6.18 Å². The molecule has 90 valence electrons. The second-order valence-electron chi connectivity index (χ2n) is 3.76. The molecule has 2 nitrogen and oxygen atoms in total. The van der Waals surface area contributed by atoms with Crippen molar-refractivity contribution in [3.05, 3.63) is 35.4 Å². The molecular formula is C11H14F3NO. The monoisotopic (exact) mass is 233 g/mol. The molecule has 0 radical (unpaired) electrons. The SMILES string of the molecule is Cc1ccccc1[C@@H](O)C[C@H](N)C(F)(F)F. The molecule has 5 heteroatoms. The number of aliphatic hydroxyl groups excluding tert-OH is 1. The van der Waals surface area contributed by atoms with Crippen LogP contribution in [0.15, 0.2) is 24.3 Å². The van der Waals surface area contributed by atoms with Gasteiger partial charge in [0, 0.05) is 6.42 Å². The van der Waals surface area contributed by atoms with Crippen molar-refractivity contribution < 1.29 is 18.3 Å². The van der Waals surface area contributed by atoms with Gasteiger partial charge in [-0.05, 0) is 18.1 Å². The smallest absolute Gasteiger partial charge is 0.388 e. The van der Waals surface area contributed by atoms with E-state index < -0.39 is 24.7 Å². The molecule has 0 spiro atoms. The summed E-state index contributed by atoms with van der Waals surface area (Å²) < 4.78 is 36.6. The molecule has 3 N–H and O–H groups in total. The lowest BCUT2D eigenvalue weighted by Crippen LogP contribution is -2.38. The highest BCUT2D eigenvalue weighted by Gasteiger charge is 2.38. The van der Waals surface area contributed by atoms with Crippen LogP contribution in [0.2, 0.25) is 0 Å². The summed E-state index contributed by atoms with van der Waals surface area (Å²) in [7, 11) is 0. The molecule has 0 unspecified atom stereocenters. The third-order valence-electron chi connectivity index (χ3n) is 2.45. The average Bonchev–Trinajstić information content (AvgIpc) is 2.16. The van der Waals surface area contributed by atoms with Gasteiger partial charge in [0.15, 0.2) is 0 Å². The highest BCUT2D eigenvalue weighted by molar-refractivity contribution is 5.27. The van der Waals surface area contributed by atoms with Gasteiger partial charge in [0.25, 0.3) is 0 Å². The Bertz CT molecular complexity index is 351. The first-order chi connectivity index (χ1) is 7.32. The average molecular weight is 233 g/mol. The van der Waals surface area contributed by atoms with Crippen LogP contribution in [-0.2, 0) is 0 Å². The second-order valence-corrected chi connectivity index (χ2v) is 3.76. The molecule has 0 saturated carbocycles. The van der Waals surface area contributed by atoms with Gasteiger partial charge in [0.2, 0.25) is 0 Å². The summed E-state index contributed by atoms with van der Waals surface area (Å²) in [5.41, 5.74) is 6.20. The van der Waals surface area contributed by atoms with Gasteiger partial charge < -0.3 is 10.8 Å². The molecular weight excluding hydrogens is 219 g/mol. The molecule has 0 aromatic heterocycles. The van der Waals surface area contributed by atoms with Crippen LogP contribution in [0.1, 0.15) is 23.7 Å². The van der Waals surface area contributed by atoms with E-state index in [0.717, 1.165) is 5.56 Å². The highest BCUT2D eigenvalue weighted by atomic mass is 19.4. The van der Waals surface area contributed by atoms with E-state index in [4.69, 9.17) is 5.73 Å². The zero-order chi connectivity index (χ0) is 12.3. The lowest BCUT2D eigenvalue weighted by Gasteiger charge is -2.20. The Balaban J connectivity index is 2.73. The minimum absolute atomic E-state index is 0.488. The molecule has 0 fully saturated rings. The number of benzene rings is 1. The highest BCUT2D eigenvalue weighted by Crippen LogP contribution is 2.27. The first-order valence-corrected chi connectivity index (χ1v) is 4.88. The number of halogens is 3. The second kappa shape index (κ2) is 4.84. The zero-order valence-corrected chi connectivity index (χ0v) is 8.83. The van der Waals surface area contributed by atoms with Crippen LogP contribution in [0.5, 0.6) is 0 Å². The maximum Gasteiger partial charge on any atom is 0.403 e. The molecule has 0 heterocycles. The minimum Gasteiger partial charge on any atom is -0.388 e. The third-order valence-corrected chi connectivity index (χ3v) is 2.45. The number of nitrogens with two attached hydrogens (primary N) is 1. The van der Waals surface area contributed by atoms with E-state index in [-0.39, 0.29) is 0 Å². The van der Waals surface area contributed by atoms with Gasteiger partial charge in [-0.25, -0.2) is 0 Å². The Morgan fingerprint density at radius 3 is 2.38 bits per heavy atom. The standard InChI is InChI=1S/C11H14F3NO/c1-7-4-2-3-5-8(7)9(16)6-10(15)11(12,13)14/h2-5,9-10,16H,6,15H2,1H3/t9-,10-/m0/s1. The van der Waals surface area contributed by atoms with Crippen LogP contribution < -0.4 is 5.73 Å². The molecule has 0 aliphatic heterocycles. The maximum absolute atomic E-state index is 12.2. The van der Waals surface area contributed by atoms with E-state index in [1.165, 1.54) is 0 Å². The molecule has 1 aromatic carbocycles. The zero-order valence-electron chi connectivity index (χ0n) is 8.83. The van der Waals surface area contributed by atoms with Crippen LogP contribution in [0.25, 0.3) is 0 Å². The molecule has 16 heavy (non-hydrogen) atoms. The van der Waals surface area contributed by atoms with Crippen molar-refractivity contribution in [3.63, 3.8) is 0 Å². The van der Waals surface area contributed by atoms with Crippen molar-refractivity contribution in [2.24, 2.45) is 5.73 Å². The summed E-state index contributed by atoms with van der Waals surface area (Å²) >= 11 is 0. The molecule has 0 amide bonds. The number of aliphatic hydroxyl groups is 1. The molecule has 0 aliphatic rings. The molecule has 0 bridgehead atoms. The Hall–Kier alpha value is -1.07. The number of alkyl halides is 3. The third kappa shape index (κ3) is 3.21. The van der Waals surface area contributed by atoms with Crippen LogP contribution in [0.3, 0.4) is 0 Å². The van der Waals surface area contributed by atoms with Gasteiger partial charge in [-0.1, -0.05) is 24.3 Å². The minimum atomic E-state index is -4.47.